The molecule has 156 valence electrons. The molecule has 0 amide bonds. The van der Waals surface area contributed by atoms with E-state index in [1.807, 2.05) is 18.2 Å². The van der Waals surface area contributed by atoms with Crippen molar-refractivity contribution in [1.82, 2.24) is 0 Å². The van der Waals surface area contributed by atoms with E-state index in [1.54, 1.807) is 7.11 Å². The fraction of sp³-hybridized carbons (Fsp3) is 0.583. The van der Waals surface area contributed by atoms with Crippen LogP contribution in [0.1, 0.15) is 64.9 Å². The maximum Gasteiger partial charge on any atom is 0.163 e. The minimum atomic E-state index is -0.351. The molecule has 0 radical (unpaired) electrons. The van der Waals surface area contributed by atoms with Gasteiger partial charge in [-0.05, 0) is 34.9 Å². The van der Waals surface area contributed by atoms with Crippen LogP contribution in [0, 0.1) is 16.7 Å². The van der Waals surface area contributed by atoms with Gasteiger partial charge in [-0.2, -0.15) is 0 Å². The molecule has 3 atom stereocenters. The zero-order chi connectivity index (χ0) is 21.1. The Morgan fingerprint density at radius 2 is 1.79 bits per heavy atom. The summed E-state index contributed by atoms with van der Waals surface area (Å²) < 4.78 is 11.7. The number of carbonyl (C=O) groups is 2. The van der Waals surface area contributed by atoms with Gasteiger partial charge >= 0.3 is 0 Å². The lowest BCUT2D eigenvalue weighted by Crippen LogP contribution is -2.49. The van der Waals surface area contributed by atoms with E-state index in [4.69, 9.17) is 21.1 Å². The van der Waals surface area contributed by atoms with Crippen molar-refractivity contribution in [2.45, 2.75) is 65.4 Å². The molecule has 0 unspecified atom stereocenters. The Bertz CT molecular complexity index is 911. The molecule has 2 aliphatic carbocycles. The predicted molar refractivity (Wildman–Crippen MR) is 112 cm³/mol. The van der Waals surface area contributed by atoms with E-state index in [-0.39, 0.29) is 40.3 Å². The van der Waals surface area contributed by atoms with Gasteiger partial charge in [0, 0.05) is 30.8 Å². The molecule has 0 spiro atoms. The lowest BCUT2D eigenvalue weighted by atomic mass is 9.60. The van der Waals surface area contributed by atoms with Crippen LogP contribution < -0.4 is 4.74 Å². The van der Waals surface area contributed by atoms with Crippen LogP contribution in [0.25, 0.3) is 0 Å². The number of hydrogen-bond acceptors (Lipinski definition) is 4. The summed E-state index contributed by atoms with van der Waals surface area (Å²) in [4.78, 5) is 26.5. The highest BCUT2D eigenvalue weighted by molar-refractivity contribution is 6.32. The average Bonchev–Trinajstić information content (AvgIpc) is 2.57. The lowest BCUT2D eigenvalue weighted by molar-refractivity contribution is -0.140. The summed E-state index contributed by atoms with van der Waals surface area (Å²) in [6.07, 6.45) is 2.27. The van der Waals surface area contributed by atoms with Crippen molar-refractivity contribution in [3.63, 3.8) is 0 Å². The Kier molecular flexibility index (Phi) is 4.85. The zero-order valence-electron chi connectivity index (χ0n) is 17.8. The molecule has 0 aromatic heterocycles. The second-order valence-electron chi connectivity index (χ2n) is 10.3. The van der Waals surface area contributed by atoms with Gasteiger partial charge in [-0.15, -0.1) is 0 Å². The molecule has 1 saturated carbocycles. The first kappa shape index (κ1) is 20.5. The number of carbonyl (C=O) groups excluding carboxylic acids is 2. The smallest absolute Gasteiger partial charge is 0.163 e. The molecule has 0 saturated heterocycles. The lowest BCUT2D eigenvalue weighted by Gasteiger charge is -2.49. The van der Waals surface area contributed by atoms with Crippen LogP contribution in [0.15, 0.2) is 29.5 Å². The van der Waals surface area contributed by atoms with Crippen LogP contribution in [0.5, 0.6) is 5.75 Å². The van der Waals surface area contributed by atoms with Crippen molar-refractivity contribution in [3.05, 3.63) is 40.1 Å². The molecule has 29 heavy (non-hydrogen) atoms. The topological polar surface area (TPSA) is 52.6 Å². The number of Topliss-reactive ketones (excluding diaryl/α,β-unsaturated/α-hetero) is 2. The molecule has 4 nitrogen and oxygen atoms in total. The summed E-state index contributed by atoms with van der Waals surface area (Å²) in [5.41, 5.74) is 1.33. The van der Waals surface area contributed by atoms with E-state index >= 15 is 0 Å². The van der Waals surface area contributed by atoms with Crippen molar-refractivity contribution in [1.29, 1.82) is 0 Å². The minimum Gasteiger partial charge on any atom is -0.495 e. The number of methoxy groups -OCH3 is 1. The van der Waals surface area contributed by atoms with E-state index in [2.05, 4.69) is 27.7 Å². The second-order valence-corrected chi connectivity index (χ2v) is 10.8. The molecule has 1 heterocycles. The first-order valence-corrected chi connectivity index (χ1v) is 10.7. The predicted octanol–water partition coefficient (Wildman–Crippen LogP) is 5.48. The van der Waals surface area contributed by atoms with Gasteiger partial charge in [-0.1, -0.05) is 45.4 Å². The number of halogens is 1. The number of ketones is 2. The highest BCUT2D eigenvalue weighted by Gasteiger charge is 2.53. The molecular formula is C24H29ClO4. The number of rotatable bonds is 2. The molecule has 5 heteroatoms. The van der Waals surface area contributed by atoms with Gasteiger partial charge in [-0.3, -0.25) is 9.59 Å². The number of benzene rings is 1. The van der Waals surface area contributed by atoms with E-state index < -0.39 is 0 Å². The SMILES string of the molecule is COc1ccc([C@@H]2C3=C(CC(C)(C)CC3=O)O[C@@H]3CC(C)(C)CC(=O)[C@H]32)cc1Cl. The van der Waals surface area contributed by atoms with Crippen LogP contribution in [-0.2, 0) is 14.3 Å². The van der Waals surface area contributed by atoms with Gasteiger partial charge in [0.1, 0.15) is 23.4 Å². The third kappa shape index (κ3) is 3.61. The molecule has 0 N–H and O–H groups in total. The van der Waals surface area contributed by atoms with Crippen molar-refractivity contribution in [2.24, 2.45) is 16.7 Å². The van der Waals surface area contributed by atoms with Crippen molar-refractivity contribution >= 4 is 23.2 Å². The highest BCUT2D eigenvalue weighted by atomic mass is 35.5. The van der Waals surface area contributed by atoms with Gasteiger partial charge in [0.2, 0.25) is 0 Å². The molecule has 0 bridgehead atoms. The van der Waals surface area contributed by atoms with Gasteiger partial charge in [0.25, 0.3) is 0 Å². The van der Waals surface area contributed by atoms with E-state index in [1.165, 1.54) is 0 Å². The Hall–Kier alpha value is -1.81. The maximum atomic E-state index is 13.3. The fourth-order valence-electron chi connectivity index (χ4n) is 5.40. The molecule has 1 aliphatic heterocycles. The summed E-state index contributed by atoms with van der Waals surface area (Å²) >= 11 is 6.42. The number of allylic oxidation sites excluding steroid dienone is 2. The summed E-state index contributed by atoms with van der Waals surface area (Å²) in [6, 6.07) is 5.59. The van der Waals surface area contributed by atoms with E-state index in [0.29, 0.717) is 35.6 Å². The Labute approximate surface area is 177 Å². The Morgan fingerprint density at radius 3 is 2.45 bits per heavy atom. The average molecular weight is 417 g/mol. The van der Waals surface area contributed by atoms with E-state index in [9.17, 15) is 9.59 Å². The normalized spacial score (nSPS) is 30.3. The fourth-order valence-corrected chi connectivity index (χ4v) is 5.66. The van der Waals surface area contributed by atoms with Crippen LogP contribution in [-0.4, -0.2) is 24.8 Å². The third-order valence-electron chi connectivity index (χ3n) is 6.56. The van der Waals surface area contributed by atoms with Gasteiger partial charge in [0.15, 0.2) is 5.78 Å². The number of fused-ring (bicyclic) bond motifs is 1. The number of ether oxygens (including phenoxy) is 2. The standard InChI is InChI=1S/C24H29ClO4/c1-23(2)9-15(26)21-18(11-23)29-19-12-24(3,4)10-16(27)22(19)20(21)13-6-7-17(28-5)14(25)8-13/h6-8,18,20-21H,9-12H2,1-5H3/t18-,20+,21-/m1/s1. The van der Waals surface area contributed by atoms with Gasteiger partial charge in [0.05, 0.1) is 18.1 Å². The van der Waals surface area contributed by atoms with Crippen LogP contribution >= 0.6 is 11.6 Å². The van der Waals surface area contributed by atoms with Crippen LogP contribution in [0.3, 0.4) is 0 Å². The molecule has 1 fully saturated rings. The van der Waals surface area contributed by atoms with Crippen molar-refractivity contribution in [2.75, 3.05) is 7.11 Å². The first-order valence-electron chi connectivity index (χ1n) is 10.3. The molecular weight excluding hydrogens is 388 g/mol. The van der Waals surface area contributed by atoms with Crippen molar-refractivity contribution < 1.29 is 19.1 Å². The van der Waals surface area contributed by atoms with Gasteiger partial charge < -0.3 is 9.47 Å². The minimum absolute atomic E-state index is 0.0873. The summed E-state index contributed by atoms with van der Waals surface area (Å²) in [6.45, 7) is 8.42. The third-order valence-corrected chi connectivity index (χ3v) is 6.85. The zero-order valence-corrected chi connectivity index (χ0v) is 18.6. The monoisotopic (exact) mass is 416 g/mol. The summed E-state index contributed by atoms with van der Waals surface area (Å²) in [5, 5.41) is 0.488. The molecule has 3 aliphatic rings. The van der Waals surface area contributed by atoms with E-state index in [0.717, 1.165) is 17.7 Å². The molecule has 1 aromatic rings. The molecule has 4 rings (SSSR count). The van der Waals surface area contributed by atoms with Crippen molar-refractivity contribution in [3.8, 4) is 5.75 Å². The molecule has 1 aromatic carbocycles. The van der Waals surface area contributed by atoms with Gasteiger partial charge in [-0.25, -0.2) is 0 Å². The maximum absolute atomic E-state index is 13.3. The highest BCUT2D eigenvalue weighted by Crippen LogP contribution is 2.54. The summed E-state index contributed by atoms with van der Waals surface area (Å²) in [7, 11) is 1.57. The Balaban J connectivity index is 1.87. The quantitative estimate of drug-likeness (QED) is 0.640. The number of hydrogen-bond donors (Lipinski definition) is 0. The van der Waals surface area contributed by atoms with Crippen LogP contribution in [0.4, 0.5) is 0 Å². The first-order chi connectivity index (χ1) is 13.5. The second kappa shape index (κ2) is 6.87. The Morgan fingerprint density at radius 1 is 1.07 bits per heavy atom. The summed E-state index contributed by atoms with van der Waals surface area (Å²) in [5.74, 6) is 0.961. The van der Waals surface area contributed by atoms with Crippen LogP contribution in [0.2, 0.25) is 5.02 Å². The largest absolute Gasteiger partial charge is 0.495 e.